The van der Waals surface area contributed by atoms with Crippen LogP contribution < -0.4 is 4.74 Å². The van der Waals surface area contributed by atoms with Gasteiger partial charge in [-0.15, -0.1) is 0 Å². The molecule has 1 aromatic carbocycles. The maximum Gasteiger partial charge on any atom is 0.513 e. The molecule has 0 fully saturated rings. The molecule has 1 amide bonds. The number of halogens is 1. The number of rotatable bonds is 4. The van der Waals surface area contributed by atoms with Gasteiger partial charge in [-0.05, 0) is 26.0 Å². The minimum absolute atomic E-state index is 0.113. The van der Waals surface area contributed by atoms with Gasteiger partial charge < -0.3 is 14.6 Å². The van der Waals surface area contributed by atoms with Crippen LogP contribution in [0.3, 0.4) is 0 Å². The number of para-hydroxylation sites is 1. The fraction of sp³-hybridized carbons (Fsp3) is 0.412. The van der Waals surface area contributed by atoms with Crippen molar-refractivity contribution in [2.24, 2.45) is 11.0 Å². The van der Waals surface area contributed by atoms with E-state index in [4.69, 9.17) is 26.5 Å². The second-order valence-electron chi connectivity index (χ2n) is 5.72. The molecule has 27 heavy (non-hydrogen) atoms. The lowest BCUT2D eigenvalue weighted by atomic mass is 9.98. The molecule has 9 nitrogen and oxygen atoms in total. The Balaban J connectivity index is 2.37. The number of hydrogen-bond acceptors (Lipinski definition) is 6. The van der Waals surface area contributed by atoms with Gasteiger partial charge >= 0.3 is 12.2 Å². The van der Waals surface area contributed by atoms with Crippen molar-refractivity contribution in [2.45, 2.75) is 20.8 Å². The average Bonchev–Trinajstić information content (AvgIpc) is 2.99. The van der Waals surface area contributed by atoms with E-state index >= 15 is 0 Å². The van der Waals surface area contributed by atoms with Crippen LogP contribution in [0.25, 0.3) is 0 Å². The van der Waals surface area contributed by atoms with Gasteiger partial charge in [-0.25, -0.2) is 19.5 Å². The Morgan fingerprint density at radius 2 is 2.15 bits per heavy atom. The summed E-state index contributed by atoms with van der Waals surface area (Å²) in [7, 11) is 0. The van der Waals surface area contributed by atoms with Gasteiger partial charge in [0.05, 0.1) is 23.9 Å². The second-order valence-corrected chi connectivity index (χ2v) is 6.13. The highest BCUT2D eigenvalue weighted by Crippen LogP contribution is 2.33. The van der Waals surface area contributed by atoms with Crippen LogP contribution in [0.5, 0.6) is 5.75 Å². The van der Waals surface area contributed by atoms with Crippen LogP contribution in [-0.2, 0) is 4.74 Å². The van der Waals surface area contributed by atoms with E-state index in [0.29, 0.717) is 17.8 Å². The largest absolute Gasteiger partial charge is 0.513 e. The Bertz CT molecular complexity index is 783. The van der Waals surface area contributed by atoms with E-state index in [1.165, 1.54) is 5.01 Å². The van der Waals surface area contributed by atoms with Gasteiger partial charge in [0, 0.05) is 18.0 Å². The van der Waals surface area contributed by atoms with Gasteiger partial charge in [-0.3, -0.25) is 5.41 Å². The number of carboxylic acid groups (broad SMARTS) is 1. The number of guanidine groups is 1. The van der Waals surface area contributed by atoms with Gasteiger partial charge in [0.15, 0.2) is 5.75 Å². The fourth-order valence-electron chi connectivity index (χ4n) is 2.63. The summed E-state index contributed by atoms with van der Waals surface area (Å²) >= 11 is 6.18. The normalized spacial score (nSPS) is 15.9. The molecule has 0 saturated carbocycles. The molecule has 0 aliphatic carbocycles. The van der Waals surface area contributed by atoms with E-state index in [1.54, 1.807) is 32.0 Å². The SMILES string of the molecule is CCOC(=O)Oc1c(Cl)cccc1C1=NN(C(=N)N(CC)C(=O)O)CC1C. The van der Waals surface area contributed by atoms with E-state index < -0.39 is 12.2 Å². The molecule has 0 radical (unpaired) electrons. The molecule has 1 unspecified atom stereocenters. The molecule has 0 bridgehead atoms. The Hall–Kier alpha value is -2.81. The maximum absolute atomic E-state index is 11.7. The summed E-state index contributed by atoms with van der Waals surface area (Å²) in [5.74, 6) is -0.287. The summed E-state index contributed by atoms with van der Waals surface area (Å²) in [4.78, 5) is 23.9. The highest BCUT2D eigenvalue weighted by Gasteiger charge is 2.32. The molecular weight excluding hydrogens is 376 g/mol. The average molecular weight is 397 g/mol. The quantitative estimate of drug-likeness (QED) is 0.348. The summed E-state index contributed by atoms with van der Waals surface area (Å²) < 4.78 is 10.0. The zero-order chi connectivity index (χ0) is 20.1. The lowest BCUT2D eigenvalue weighted by Crippen LogP contribution is -2.43. The monoisotopic (exact) mass is 396 g/mol. The summed E-state index contributed by atoms with van der Waals surface area (Å²) in [5, 5.41) is 23.2. The lowest BCUT2D eigenvalue weighted by molar-refractivity contribution is 0.104. The predicted molar refractivity (Wildman–Crippen MR) is 99.6 cm³/mol. The zero-order valence-electron chi connectivity index (χ0n) is 15.2. The van der Waals surface area contributed by atoms with Crippen molar-refractivity contribution in [2.75, 3.05) is 19.7 Å². The van der Waals surface area contributed by atoms with E-state index in [0.717, 1.165) is 4.90 Å². The van der Waals surface area contributed by atoms with Crippen LogP contribution >= 0.6 is 11.6 Å². The van der Waals surface area contributed by atoms with Crippen molar-refractivity contribution in [1.82, 2.24) is 9.91 Å². The number of benzene rings is 1. The van der Waals surface area contributed by atoms with Crippen LogP contribution in [0.15, 0.2) is 23.3 Å². The number of amides is 1. The van der Waals surface area contributed by atoms with Crippen molar-refractivity contribution in [3.63, 3.8) is 0 Å². The molecule has 0 saturated heterocycles. The molecule has 1 aromatic rings. The Morgan fingerprint density at radius 1 is 1.44 bits per heavy atom. The van der Waals surface area contributed by atoms with Crippen molar-refractivity contribution >= 4 is 35.5 Å². The van der Waals surface area contributed by atoms with Crippen LogP contribution in [0.4, 0.5) is 9.59 Å². The number of carbonyl (C=O) groups excluding carboxylic acids is 1. The smallest absolute Gasteiger partial charge is 0.465 e. The van der Waals surface area contributed by atoms with Crippen LogP contribution in [0.1, 0.15) is 26.3 Å². The van der Waals surface area contributed by atoms with Gasteiger partial charge in [0.1, 0.15) is 0 Å². The highest BCUT2D eigenvalue weighted by molar-refractivity contribution is 6.33. The number of hydrogen-bond donors (Lipinski definition) is 2. The van der Waals surface area contributed by atoms with E-state index in [2.05, 4.69) is 5.10 Å². The first-order valence-electron chi connectivity index (χ1n) is 8.38. The molecule has 10 heteroatoms. The Morgan fingerprint density at radius 3 is 2.74 bits per heavy atom. The first kappa shape index (κ1) is 20.5. The molecular formula is C17H21ClN4O5. The molecule has 1 aliphatic heterocycles. The summed E-state index contributed by atoms with van der Waals surface area (Å²) in [6.45, 7) is 5.75. The van der Waals surface area contributed by atoms with Crippen LogP contribution in [-0.4, -0.2) is 58.6 Å². The standard InChI is InChI=1S/C17H21ClN4O5/c1-4-21(16(23)24)15(19)22-9-10(3)13(20-22)11-7-6-8-12(18)14(11)27-17(25)26-5-2/h6-8,10,19H,4-5,9H2,1-3H3,(H,23,24). The number of ether oxygens (including phenoxy) is 2. The van der Waals surface area contributed by atoms with Crippen LogP contribution in [0, 0.1) is 11.3 Å². The van der Waals surface area contributed by atoms with Gasteiger partial charge in [0.2, 0.25) is 5.96 Å². The predicted octanol–water partition coefficient (Wildman–Crippen LogP) is 3.47. The lowest BCUT2D eigenvalue weighted by Gasteiger charge is -2.23. The molecule has 0 spiro atoms. The minimum Gasteiger partial charge on any atom is -0.465 e. The first-order valence-corrected chi connectivity index (χ1v) is 8.76. The van der Waals surface area contributed by atoms with E-state index in [-0.39, 0.29) is 35.8 Å². The van der Waals surface area contributed by atoms with Crippen molar-refractivity contribution in [3.8, 4) is 5.75 Å². The van der Waals surface area contributed by atoms with Crippen molar-refractivity contribution in [1.29, 1.82) is 5.41 Å². The first-order chi connectivity index (χ1) is 12.8. The van der Waals surface area contributed by atoms with Gasteiger partial charge in [0.25, 0.3) is 0 Å². The van der Waals surface area contributed by atoms with Crippen molar-refractivity contribution < 1.29 is 24.2 Å². The van der Waals surface area contributed by atoms with Gasteiger partial charge in [-0.1, -0.05) is 24.6 Å². The summed E-state index contributed by atoms with van der Waals surface area (Å²) in [6.07, 6.45) is -2.11. The molecule has 2 N–H and O–H groups in total. The number of nitrogens with zero attached hydrogens (tertiary/aromatic N) is 3. The number of carbonyl (C=O) groups is 2. The summed E-state index contributed by atoms with van der Waals surface area (Å²) in [5.41, 5.74) is 1.01. The molecule has 1 aliphatic rings. The maximum atomic E-state index is 11.7. The zero-order valence-corrected chi connectivity index (χ0v) is 16.0. The van der Waals surface area contributed by atoms with Gasteiger partial charge in [-0.2, -0.15) is 5.10 Å². The topological polar surface area (TPSA) is 116 Å². The fourth-order valence-corrected chi connectivity index (χ4v) is 2.84. The minimum atomic E-state index is -1.23. The summed E-state index contributed by atoms with van der Waals surface area (Å²) in [6, 6.07) is 4.95. The third kappa shape index (κ3) is 4.48. The third-order valence-corrected chi connectivity index (χ3v) is 4.18. The van der Waals surface area contributed by atoms with E-state index in [9.17, 15) is 14.7 Å². The molecule has 2 rings (SSSR count). The van der Waals surface area contributed by atoms with Crippen LogP contribution in [0.2, 0.25) is 5.02 Å². The third-order valence-electron chi connectivity index (χ3n) is 3.88. The molecule has 1 heterocycles. The Kier molecular flexibility index (Phi) is 6.62. The molecule has 0 aromatic heterocycles. The molecule has 146 valence electrons. The number of hydrazone groups is 1. The Labute approximate surface area is 161 Å². The highest BCUT2D eigenvalue weighted by atomic mass is 35.5. The van der Waals surface area contributed by atoms with E-state index in [1.807, 2.05) is 6.92 Å². The van der Waals surface area contributed by atoms with Crippen molar-refractivity contribution in [3.05, 3.63) is 28.8 Å². The second kappa shape index (κ2) is 8.72. The number of nitrogens with one attached hydrogen (secondary N) is 1. The molecule has 1 atom stereocenters.